The van der Waals surface area contributed by atoms with Crippen LogP contribution >= 0.6 is 11.3 Å². The van der Waals surface area contributed by atoms with Crippen molar-refractivity contribution in [2.75, 3.05) is 38.2 Å². The van der Waals surface area contributed by atoms with Gasteiger partial charge in [-0.2, -0.15) is 0 Å². The summed E-state index contributed by atoms with van der Waals surface area (Å²) >= 11 is 1.59. The highest BCUT2D eigenvalue weighted by molar-refractivity contribution is 7.89. The first kappa shape index (κ1) is 20.1. The largest absolute Gasteiger partial charge is 0.495 e. The molecule has 1 aliphatic heterocycles. The van der Waals surface area contributed by atoms with E-state index in [2.05, 4.69) is 14.6 Å². The van der Waals surface area contributed by atoms with Gasteiger partial charge < -0.3 is 14.5 Å². The minimum absolute atomic E-state index is 0.0111. The van der Waals surface area contributed by atoms with Gasteiger partial charge in [0.25, 0.3) is 5.91 Å². The van der Waals surface area contributed by atoms with E-state index in [4.69, 9.17) is 4.74 Å². The number of methoxy groups -OCH3 is 1. The molecule has 0 unspecified atom stereocenters. The summed E-state index contributed by atoms with van der Waals surface area (Å²) in [5.74, 6) is 0.0667. The highest BCUT2D eigenvalue weighted by Crippen LogP contribution is 2.29. The van der Waals surface area contributed by atoms with E-state index in [9.17, 15) is 13.2 Å². The van der Waals surface area contributed by atoms with E-state index < -0.39 is 10.0 Å². The molecule has 1 saturated heterocycles. The molecule has 2 aliphatic rings. The van der Waals surface area contributed by atoms with Crippen LogP contribution in [-0.4, -0.2) is 63.5 Å². The molecule has 1 aliphatic carbocycles. The Morgan fingerprint density at radius 2 is 2.07 bits per heavy atom. The number of amides is 1. The lowest BCUT2D eigenvalue weighted by Crippen LogP contribution is -2.35. The summed E-state index contributed by atoms with van der Waals surface area (Å²) in [6.07, 6.45) is 4.28. The van der Waals surface area contributed by atoms with Crippen LogP contribution in [0, 0.1) is 0 Å². The molecule has 29 heavy (non-hydrogen) atoms. The molecule has 1 saturated carbocycles. The Hall–Kier alpha value is -2.17. The van der Waals surface area contributed by atoms with Crippen LogP contribution in [0.4, 0.5) is 5.13 Å². The normalized spacial score (nSPS) is 17.8. The van der Waals surface area contributed by atoms with Crippen LogP contribution in [-0.2, 0) is 10.0 Å². The van der Waals surface area contributed by atoms with Crippen LogP contribution in [0.5, 0.6) is 5.75 Å². The summed E-state index contributed by atoms with van der Waals surface area (Å²) < 4.78 is 33.3. The molecule has 0 spiro atoms. The summed E-state index contributed by atoms with van der Waals surface area (Å²) in [5, 5.41) is 2.90. The number of thiazole rings is 1. The van der Waals surface area contributed by atoms with Gasteiger partial charge in [0.1, 0.15) is 10.6 Å². The van der Waals surface area contributed by atoms with E-state index in [1.807, 2.05) is 5.38 Å². The van der Waals surface area contributed by atoms with Gasteiger partial charge in [-0.25, -0.2) is 18.1 Å². The predicted molar refractivity (Wildman–Crippen MR) is 111 cm³/mol. The number of carbonyl (C=O) groups is 1. The molecular weight excluding hydrogens is 412 g/mol. The molecule has 1 aromatic heterocycles. The Bertz CT molecular complexity index is 974. The van der Waals surface area contributed by atoms with Gasteiger partial charge in [0.05, 0.1) is 7.11 Å². The molecule has 10 heteroatoms. The number of ether oxygens (including phenoxy) is 1. The van der Waals surface area contributed by atoms with E-state index >= 15 is 0 Å². The van der Waals surface area contributed by atoms with E-state index in [1.165, 1.54) is 13.2 Å². The monoisotopic (exact) mass is 436 g/mol. The first-order chi connectivity index (χ1) is 14.0. The van der Waals surface area contributed by atoms with Crippen molar-refractivity contribution in [3.8, 4) is 5.75 Å². The zero-order valence-electron chi connectivity index (χ0n) is 16.2. The fourth-order valence-corrected chi connectivity index (χ4v) is 5.57. The average molecular weight is 437 g/mol. The lowest BCUT2D eigenvalue weighted by atomic mass is 10.2. The number of nitrogens with zero attached hydrogens (tertiary/aromatic N) is 3. The molecule has 0 radical (unpaired) electrons. The maximum Gasteiger partial charge on any atom is 0.253 e. The summed E-state index contributed by atoms with van der Waals surface area (Å²) in [7, 11) is -2.31. The molecule has 2 fully saturated rings. The van der Waals surface area contributed by atoms with Crippen LogP contribution in [0.1, 0.15) is 29.6 Å². The molecule has 0 bridgehead atoms. The predicted octanol–water partition coefficient (Wildman–Crippen LogP) is 1.94. The quantitative estimate of drug-likeness (QED) is 0.744. The molecule has 8 nitrogen and oxygen atoms in total. The van der Waals surface area contributed by atoms with Gasteiger partial charge in [-0.3, -0.25) is 4.79 Å². The zero-order valence-corrected chi connectivity index (χ0v) is 17.8. The van der Waals surface area contributed by atoms with E-state index in [0.29, 0.717) is 25.2 Å². The van der Waals surface area contributed by atoms with Gasteiger partial charge in [-0.15, -0.1) is 11.3 Å². The Balaban J connectivity index is 1.53. The smallest absolute Gasteiger partial charge is 0.253 e. The van der Waals surface area contributed by atoms with Crippen molar-refractivity contribution in [1.82, 2.24) is 14.6 Å². The Labute approximate surface area is 174 Å². The first-order valence-electron chi connectivity index (χ1n) is 9.62. The summed E-state index contributed by atoms with van der Waals surface area (Å²) in [4.78, 5) is 21.4. The molecule has 156 valence electrons. The van der Waals surface area contributed by atoms with Crippen molar-refractivity contribution in [3.05, 3.63) is 35.3 Å². The minimum atomic E-state index is -3.73. The van der Waals surface area contributed by atoms with Crippen LogP contribution in [0.2, 0.25) is 0 Å². The van der Waals surface area contributed by atoms with Crippen molar-refractivity contribution in [2.45, 2.75) is 30.2 Å². The third-order valence-electron chi connectivity index (χ3n) is 5.07. The van der Waals surface area contributed by atoms with Gasteiger partial charge in [0.15, 0.2) is 5.13 Å². The summed E-state index contributed by atoms with van der Waals surface area (Å²) in [5.41, 5.74) is 0.352. The van der Waals surface area contributed by atoms with Crippen molar-refractivity contribution >= 4 is 32.4 Å². The third kappa shape index (κ3) is 4.54. The van der Waals surface area contributed by atoms with Crippen LogP contribution in [0.3, 0.4) is 0 Å². The number of sulfonamides is 1. The second kappa shape index (κ2) is 8.29. The molecule has 1 amide bonds. The third-order valence-corrected chi connectivity index (χ3v) is 7.45. The van der Waals surface area contributed by atoms with Gasteiger partial charge in [0.2, 0.25) is 10.0 Å². The van der Waals surface area contributed by atoms with E-state index in [1.54, 1.807) is 34.6 Å². The molecule has 1 aromatic carbocycles. The number of aromatic nitrogens is 1. The van der Waals surface area contributed by atoms with Crippen LogP contribution < -0.4 is 14.4 Å². The van der Waals surface area contributed by atoms with Crippen LogP contribution in [0.15, 0.2) is 34.7 Å². The van der Waals surface area contributed by atoms with E-state index in [-0.39, 0.29) is 22.6 Å². The maximum absolute atomic E-state index is 13.1. The number of hydrogen-bond donors (Lipinski definition) is 1. The van der Waals surface area contributed by atoms with Crippen molar-refractivity contribution in [1.29, 1.82) is 0 Å². The average Bonchev–Trinajstić information content (AvgIpc) is 3.42. The van der Waals surface area contributed by atoms with Gasteiger partial charge in [-0.1, -0.05) is 0 Å². The van der Waals surface area contributed by atoms with Gasteiger partial charge >= 0.3 is 0 Å². The number of benzene rings is 1. The number of nitrogens with one attached hydrogen (secondary N) is 1. The van der Waals surface area contributed by atoms with Crippen molar-refractivity contribution in [3.63, 3.8) is 0 Å². The standard InChI is InChI=1S/C19H24N4O4S2/c1-27-16-6-3-14(13-17(16)29(25,26)21-15-4-5-15)18(24)22-8-2-9-23(11-10-22)19-20-7-12-28-19/h3,6-7,12-13,15,21H,2,4-5,8-11H2,1H3. The second-order valence-electron chi connectivity index (χ2n) is 7.21. The molecular formula is C19H24N4O4S2. The van der Waals surface area contributed by atoms with Crippen molar-refractivity contribution < 1.29 is 17.9 Å². The highest BCUT2D eigenvalue weighted by Gasteiger charge is 2.31. The lowest BCUT2D eigenvalue weighted by Gasteiger charge is -2.22. The molecule has 4 rings (SSSR count). The molecule has 2 aromatic rings. The second-order valence-corrected chi connectivity index (χ2v) is 9.76. The van der Waals surface area contributed by atoms with Gasteiger partial charge in [0, 0.05) is 49.4 Å². The van der Waals surface area contributed by atoms with Crippen molar-refractivity contribution in [2.24, 2.45) is 0 Å². The fraction of sp³-hybridized carbons (Fsp3) is 0.474. The number of hydrogen-bond acceptors (Lipinski definition) is 7. The lowest BCUT2D eigenvalue weighted by molar-refractivity contribution is 0.0766. The molecule has 2 heterocycles. The molecule has 1 N–H and O–H groups in total. The number of anilines is 1. The van der Waals surface area contributed by atoms with Gasteiger partial charge in [-0.05, 0) is 37.5 Å². The topological polar surface area (TPSA) is 91.8 Å². The molecule has 0 atom stereocenters. The number of carbonyl (C=O) groups excluding carboxylic acids is 1. The summed E-state index contributed by atoms with van der Waals surface area (Å²) in [6, 6.07) is 4.58. The van der Waals surface area contributed by atoms with Crippen LogP contribution in [0.25, 0.3) is 0 Å². The fourth-order valence-electron chi connectivity index (χ4n) is 3.37. The minimum Gasteiger partial charge on any atom is -0.495 e. The number of rotatable bonds is 6. The maximum atomic E-state index is 13.1. The Kier molecular flexibility index (Phi) is 5.75. The highest BCUT2D eigenvalue weighted by atomic mass is 32.2. The summed E-state index contributed by atoms with van der Waals surface area (Å²) in [6.45, 7) is 2.72. The van der Waals surface area contributed by atoms with E-state index in [0.717, 1.165) is 30.9 Å². The Morgan fingerprint density at radius 3 is 2.76 bits per heavy atom. The zero-order chi connectivity index (χ0) is 20.4. The first-order valence-corrected chi connectivity index (χ1v) is 12.0. The SMILES string of the molecule is COc1ccc(C(=O)N2CCCN(c3nccs3)CC2)cc1S(=O)(=O)NC1CC1. The Morgan fingerprint density at radius 1 is 1.24 bits per heavy atom.